The fourth-order valence-corrected chi connectivity index (χ4v) is 1.44. The van der Waals surface area contributed by atoms with Crippen LogP contribution < -0.4 is 0 Å². The maximum atomic E-state index is 12.5. The van der Waals surface area contributed by atoms with Gasteiger partial charge in [0.2, 0.25) is 0 Å². The third-order valence-electron chi connectivity index (χ3n) is 2.50. The molecule has 0 radical (unpaired) electrons. The summed E-state index contributed by atoms with van der Waals surface area (Å²) < 4.78 is 37.4. The first-order valence-electron chi connectivity index (χ1n) is 5.57. The molecule has 0 heterocycles. The summed E-state index contributed by atoms with van der Waals surface area (Å²) in [6, 6.07) is 5.31. The SMILES string of the molecule is CCN(/C=C/c1cccc(C(F)(F)F)c1)CC. The molecule has 0 aliphatic heterocycles. The number of halogens is 3. The summed E-state index contributed by atoms with van der Waals surface area (Å²) >= 11 is 0. The van der Waals surface area contributed by atoms with E-state index in [1.807, 2.05) is 24.9 Å². The molecule has 0 aromatic heterocycles. The van der Waals surface area contributed by atoms with Crippen LogP contribution in [0.3, 0.4) is 0 Å². The van der Waals surface area contributed by atoms with Gasteiger partial charge in [-0.2, -0.15) is 13.2 Å². The minimum absolute atomic E-state index is 0.562. The Hall–Kier alpha value is -1.45. The first kappa shape index (κ1) is 13.6. The van der Waals surface area contributed by atoms with Crippen LogP contribution in [0.4, 0.5) is 13.2 Å². The molecule has 1 aromatic carbocycles. The van der Waals surface area contributed by atoms with Gasteiger partial charge >= 0.3 is 6.18 Å². The highest BCUT2D eigenvalue weighted by Gasteiger charge is 2.30. The van der Waals surface area contributed by atoms with Gasteiger partial charge in [0.05, 0.1) is 5.56 Å². The van der Waals surface area contributed by atoms with E-state index in [0.717, 1.165) is 25.2 Å². The van der Waals surface area contributed by atoms with Gasteiger partial charge in [0.25, 0.3) is 0 Å². The summed E-state index contributed by atoms with van der Waals surface area (Å²) in [5.41, 5.74) is -0.0501. The van der Waals surface area contributed by atoms with Gasteiger partial charge in [-0.05, 0) is 43.8 Å². The average molecular weight is 243 g/mol. The van der Waals surface area contributed by atoms with Crippen molar-refractivity contribution in [2.24, 2.45) is 0 Å². The summed E-state index contributed by atoms with van der Waals surface area (Å²) in [7, 11) is 0. The normalized spacial score (nSPS) is 12.1. The quantitative estimate of drug-likeness (QED) is 0.772. The van der Waals surface area contributed by atoms with E-state index in [2.05, 4.69) is 0 Å². The summed E-state index contributed by atoms with van der Waals surface area (Å²) in [6.07, 6.45) is -0.767. The van der Waals surface area contributed by atoms with Crippen LogP contribution in [-0.2, 0) is 6.18 Å². The van der Waals surface area contributed by atoms with Gasteiger partial charge in [0.1, 0.15) is 0 Å². The molecular weight excluding hydrogens is 227 g/mol. The minimum Gasteiger partial charge on any atom is -0.378 e. The molecule has 0 N–H and O–H groups in total. The first-order valence-corrected chi connectivity index (χ1v) is 5.57. The van der Waals surface area contributed by atoms with E-state index in [0.29, 0.717) is 5.56 Å². The molecule has 0 amide bonds. The third-order valence-corrected chi connectivity index (χ3v) is 2.50. The highest BCUT2D eigenvalue weighted by molar-refractivity contribution is 5.50. The summed E-state index contributed by atoms with van der Waals surface area (Å²) in [5, 5.41) is 0. The molecule has 0 aliphatic rings. The second-order valence-electron chi connectivity index (χ2n) is 3.66. The van der Waals surface area contributed by atoms with Gasteiger partial charge in [0, 0.05) is 13.1 Å². The predicted molar refractivity (Wildman–Crippen MR) is 63.4 cm³/mol. The fraction of sp³-hybridized carbons (Fsp3) is 0.385. The van der Waals surface area contributed by atoms with Crippen LogP contribution in [-0.4, -0.2) is 18.0 Å². The highest BCUT2D eigenvalue weighted by Crippen LogP contribution is 2.29. The molecule has 4 heteroatoms. The zero-order valence-electron chi connectivity index (χ0n) is 9.96. The summed E-state index contributed by atoms with van der Waals surface area (Å²) in [4.78, 5) is 2.01. The standard InChI is InChI=1S/C13H16F3N/c1-3-17(4-2)9-8-11-6-5-7-12(10-11)13(14,15)16/h5-10H,3-4H2,1-2H3/b9-8+. The Morgan fingerprint density at radius 3 is 2.35 bits per heavy atom. The van der Waals surface area contributed by atoms with E-state index in [1.54, 1.807) is 12.1 Å². The molecule has 1 aromatic rings. The fourth-order valence-electron chi connectivity index (χ4n) is 1.44. The smallest absolute Gasteiger partial charge is 0.378 e. The number of rotatable bonds is 4. The van der Waals surface area contributed by atoms with Gasteiger partial charge in [0.15, 0.2) is 0 Å². The van der Waals surface area contributed by atoms with Crippen molar-refractivity contribution < 1.29 is 13.2 Å². The molecule has 0 aliphatic carbocycles. The van der Waals surface area contributed by atoms with E-state index in [9.17, 15) is 13.2 Å². The van der Waals surface area contributed by atoms with Crippen molar-refractivity contribution in [3.63, 3.8) is 0 Å². The molecule has 0 unspecified atom stereocenters. The molecule has 0 saturated carbocycles. The van der Waals surface area contributed by atoms with Gasteiger partial charge in [-0.25, -0.2) is 0 Å². The van der Waals surface area contributed by atoms with Crippen LogP contribution in [0.5, 0.6) is 0 Å². The maximum absolute atomic E-state index is 12.5. The third kappa shape index (κ3) is 4.13. The molecule has 0 spiro atoms. The van der Waals surface area contributed by atoms with Crippen LogP contribution in [0.15, 0.2) is 30.5 Å². The van der Waals surface area contributed by atoms with Crippen molar-refractivity contribution in [1.29, 1.82) is 0 Å². The molecule has 1 rings (SSSR count). The van der Waals surface area contributed by atoms with Crippen molar-refractivity contribution in [3.8, 4) is 0 Å². The lowest BCUT2D eigenvalue weighted by Crippen LogP contribution is -2.14. The molecule has 94 valence electrons. The van der Waals surface area contributed by atoms with Crippen molar-refractivity contribution >= 4 is 6.08 Å². The van der Waals surface area contributed by atoms with E-state index in [1.165, 1.54) is 6.07 Å². The Bertz CT molecular complexity index is 378. The van der Waals surface area contributed by atoms with E-state index in [-0.39, 0.29) is 0 Å². The Balaban J connectivity index is 2.86. The molecule has 0 bridgehead atoms. The highest BCUT2D eigenvalue weighted by atomic mass is 19.4. The molecule has 17 heavy (non-hydrogen) atoms. The molecule has 0 saturated heterocycles. The maximum Gasteiger partial charge on any atom is 0.416 e. The van der Waals surface area contributed by atoms with Crippen molar-refractivity contribution in [3.05, 3.63) is 41.6 Å². The largest absolute Gasteiger partial charge is 0.416 e. The molecular formula is C13H16F3N. The number of benzene rings is 1. The van der Waals surface area contributed by atoms with Crippen LogP contribution in [0.1, 0.15) is 25.0 Å². The van der Waals surface area contributed by atoms with Crippen LogP contribution in [0.2, 0.25) is 0 Å². The van der Waals surface area contributed by atoms with Crippen LogP contribution in [0, 0.1) is 0 Å². The predicted octanol–water partition coefficient (Wildman–Crippen LogP) is 4.02. The Labute approximate surface area is 99.6 Å². The monoisotopic (exact) mass is 243 g/mol. The van der Waals surface area contributed by atoms with Crippen LogP contribution >= 0.6 is 0 Å². The van der Waals surface area contributed by atoms with Crippen molar-refractivity contribution in [2.45, 2.75) is 20.0 Å². The van der Waals surface area contributed by atoms with E-state index >= 15 is 0 Å². The number of nitrogens with zero attached hydrogens (tertiary/aromatic N) is 1. The number of alkyl halides is 3. The van der Waals surface area contributed by atoms with Crippen molar-refractivity contribution in [1.82, 2.24) is 4.90 Å². The van der Waals surface area contributed by atoms with Crippen molar-refractivity contribution in [2.75, 3.05) is 13.1 Å². The second-order valence-corrected chi connectivity index (χ2v) is 3.66. The number of hydrogen-bond acceptors (Lipinski definition) is 1. The van der Waals surface area contributed by atoms with Gasteiger partial charge < -0.3 is 4.90 Å². The Kier molecular flexibility index (Phi) is 4.61. The van der Waals surface area contributed by atoms with E-state index in [4.69, 9.17) is 0 Å². The molecule has 0 fully saturated rings. The summed E-state index contributed by atoms with van der Waals surface area (Å²) in [5.74, 6) is 0. The molecule has 0 atom stereocenters. The van der Waals surface area contributed by atoms with E-state index < -0.39 is 11.7 Å². The summed E-state index contributed by atoms with van der Waals surface area (Å²) in [6.45, 7) is 5.68. The number of hydrogen-bond donors (Lipinski definition) is 0. The first-order chi connectivity index (χ1) is 7.97. The van der Waals surface area contributed by atoms with Gasteiger partial charge in [-0.15, -0.1) is 0 Å². The average Bonchev–Trinajstić information content (AvgIpc) is 2.30. The Morgan fingerprint density at radius 2 is 1.82 bits per heavy atom. The topological polar surface area (TPSA) is 3.24 Å². The lowest BCUT2D eigenvalue weighted by atomic mass is 10.1. The van der Waals surface area contributed by atoms with Gasteiger partial charge in [-0.3, -0.25) is 0 Å². The second kappa shape index (κ2) is 5.75. The molecule has 1 nitrogen and oxygen atoms in total. The zero-order chi connectivity index (χ0) is 12.9. The minimum atomic E-state index is -4.28. The van der Waals surface area contributed by atoms with Crippen LogP contribution in [0.25, 0.3) is 6.08 Å². The zero-order valence-corrected chi connectivity index (χ0v) is 9.96. The lowest BCUT2D eigenvalue weighted by Gasteiger charge is -2.14. The Morgan fingerprint density at radius 1 is 1.18 bits per heavy atom. The van der Waals surface area contributed by atoms with Gasteiger partial charge in [-0.1, -0.05) is 12.1 Å². The lowest BCUT2D eigenvalue weighted by molar-refractivity contribution is -0.137.